The lowest BCUT2D eigenvalue weighted by Gasteiger charge is -2.32. The Balaban J connectivity index is 1.75. The van der Waals surface area contributed by atoms with Crippen molar-refractivity contribution in [2.45, 2.75) is 18.8 Å². The van der Waals surface area contributed by atoms with E-state index in [-0.39, 0.29) is 12.1 Å². The second kappa shape index (κ2) is 6.44. The maximum atomic E-state index is 13.9. The topological polar surface area (TPSA) is 56.1 Å². The molecule has 24 heavy (non-hydrogen) atoms. The van der Waals surface area contributed by atoms with Crippen LogP contribution in [0.1, 0.15) is 23.1 Å². The van der Waals surface area contributed by atoms with Gasteiger partial charge in [-0.3, -0.25) is 4.90 Å². The fourth-order valence-electron chi connectivity index (χ4n) is 2.62. The zero-order valence-corrected chi connectivity index (χ0v) is 12.8. The van der Waals surface area contributed by atoms with Crippen molar-refractivity contribution < 1.29 is 22.3 Å². The molecule has 0 spiro atoms. The Hall–Kier alpha value is -2.07. The van der Waals surface area contributed by atoms with Crippen LogP contribution in [0.25, 0.3) is 0 Å². The predicted molar refractivity (Wildman–Crippen MR) is 74.2 cm³/mol. The highest BCUT2D eigenvalue weighted by molar-refractivity contribution is 5.27. The fourth-order valence-corrected chi connectivity index (χ4v) is 2.62. The molecule has 1 saturated heterocycles. The summed E-state index contributed by atoms with van der Waals surface area (Å²) in [7, 11) is 1.67. The number of morpholine rings is 1. The van der Waals surface area contributed by atoms with Gasteiger partial charge in [0.2, 0.25) is 0 Å². The van der Waals surface area contributed by atoms with E-state index in [1.165, 1.54) is 4.68 Å². The van der Waals surface area contributed by atoms with Crippen LogP contribution in [0.15, 0.2) is 18.2 Å². The van der Waals surface area contributed by atoms with Gasteiger partial charge in [-0.25, -0.2) is 9.07 Å². The van der Waals surface area contributed by atoms with E-state index >= 15 is 0 Å². The number of hydrogen-bond donors (Lipinski definition) is 0. The molecule has 1 unspecified atom stereocenters. The summed E-state index contributed by atoms with van der Waals surface area (Å²) < 4.78 is 59.3. The van der Waals surface area contributed by atoms with Gasteiger partial charge < -0.3 is 4.74 Å². The normalized spacial score (nSPS) is 19.6. The van der Waals surface area contributed by atoms with Gasteiger partial charge in [-0.15, -0.1) is 5.10 Å². The van der Waals surface area contributed by atoms with Crippen LogP contribution in [-0.2, 0) is 24.5 Å². The van der Waals surface area contributed by atoms with Crippen LogP contribution in [0, 0.1) is 5.82 Å². The summed E-state index contributed by atoms with van der Waals surface area (Å²) in [6.07, 6.45) is -4.91. The molecule has 2 aromatic rings. The van der Waals surface area contributed by atoms with E-state index < -0.39 is 23.7 Å². The highest BCUT2D eigenvalue weighted by Gasteiger charge is 2.32. The fraction of sp³-hybridized carbons (Fsp3) is 0.500. The Kier molecular flexibility index (Phi) is 4.50. The standard InChI is InChI=1S/C14H15F4N5O/c1-22-13(19-20-21-22)12-8-23(4-5-24-12)7-9-6-10(14(16,17)18)2-3-11(9)15/h2-3,6,12H,4-5,7-8H2,1H3. The van der Waals surface area contributed by atoms with Gasteiger partial charge in [0.25, 0.3) is 0 Å². The van der Waals surface area contributed by atoms with E-state index in [1.807, 2.05) is 4.90 Å². The van der Waals surface area contributed by atoms with Crippen LogP contribution in [0.2, 0.25) is 0 Å². The van der Waals surface area contributed by atoms with Crippen molar-refractivity contribution in [2.75, 3.05) is 19.7 Å². The monoisotopic (exact) mass is 345 g/mol. The molecular formula is C14H15F4N5O. The Morgan fingerprint density at radius 1 is 1.33 bits per heavy atom. The summed E-state index contributed by atoms with van der Waals surface area (Å²) in [6, 6.07) is 2.44. The van der Waals surface area contributed by atoms with Gasteiger partial charge >= 0.3 is 6.18 Å². The number of hydrogen-bond acceptors (Lipinski definition) is 5. The van der Waals surface area contributed by atoms with E-state index in [1.54, 1.807) is 7.05 Å². The Labute approximate surface area is 135 Å². The number of aromatic nitrogens is 4. The average Bonchev–Trinajstić information content (AvgIpc) is 2.95. The number of alkyl halides is 3. The van der Waals surface area contributed by atoms with Crippen LogP contribution >= 0.6 is 0 Å². The minimum absolute atomic E-state index is 0.00145. The summed E-state index contributed by atoms with van der Waals surface area (Å²) in [5, 5.41) is 11.1. The third-order valence-corrected chi connectivity index (χ3v) is 3.86. The van der Waals surface area contributed by atoms with Crippen molar-refractivity contribution in [1.29, 1.82) is 0 Å². The van der Waals surface area contributed by atoms with E-state index in [9.17, 15) is 17.6 Å². The van der Waals surface area contributed by atoms with Gasteiger partial charge in [0.15, 0.2) is 5.82 Å². The lowest BCUT2D eigenvalue weighted by atomic mass is 10.1. The quantitative estimate of drug-likeness (QED) is 0.796. The van der Waals surface area contributed by atoms with E-state index in [0.29, 0.717) is 25.5 Å². The van der Waals surface area contributed by atoms with Gasteiger partial charge in [0, 0.05) is 32.2 Å². The number of halogens is 4. The van der Waals surface area contributed by atoms with Gasteiger partial charge in [0.1, 0.15) is 11.9 Å². The van der Waals surface area contributed by atoms with Crippen molar-refractivity contribution >= 4 is 0 Å². The van der Waals surface area contributed by atoms with Crippen molar-refractivity contribution in [3.05, 3.63) is 41.0 Å². The molecule has 0 aliphatic carbocycles. The SMILES string of the molecule is Cn1nnnc1C1CN(Cc2cc(C(F)(F)F)ccc2F)CCO1. The van der Waals surface area contributed by atoms with Crippen molar-refractivity contribution in [2.24, 2.45) is 7.05 Å². The van der Waals surface area contributed by atoms with Crippen LogP contribution in [0.3, 0.4) is 0 Å². The molecule has 1 aliphatic heterocycles. The third kappa shape index (κ3) is 3.54. The molecule has 1 atom stereocenters. The largest absolute Gasteiger partial charge is 0.416 e. The van der Waals surface area contributed by atoms with E-state index in [4.69, 9.17) is 4.74 Å². The van der Waals surface area contributed by atoms with Gasteiger partial charge in [0.05, 0.1) is 12.2 Å². The Morgan fingerprint density at radius 2 is 2.12 bits per heavy atom. The minimum Gasteiger partial charge on any atom is -0.367 e. The second-order valence-electron chi connectivity index (χ2n) is 5.56. The number of ether oxygens (including phenoxy) is 1. The number of nitrogens with zero attached hydrogens (tertiary/aromatic N) is 5. The molecule has 0 N–H and O–H groups in total. The van der Waals surface area contributed by atoms with Crippen LogP contribution in [0.5, 0.6) is 0 Å². The maximum absolute atomic E-state index is 13.9. The predicted octanol–water partition coefficient (Wildman–Crippen LogP) is 1.94. The maximum Gasteiger partial charge on any atom is 0.416 e. The molecule has 0 amide bonds. The van der Waals surface area contributed by atoms with Crippen LogP contribution in [0.4, 0.5) is 17.6 Å². The smallest absolute Gasteiger partial charge is 0.367 e. The summed E-state index contributed by atoms with van der Waals surface area (Å²) in [5.74, 6) is -0.143. The molecule has 10 heteroatoms. The van der Waals surface area contributed by atoms with Crippen molar-refractivity contribution in [3.8, 4) is 0 Å². The number of benzene rings is 1. The number of tetrazole rings is 1. The summed E-state index contributed by atoms with van der Waals surface area (Å²) in [5.41, 5.74) is -0.859. The first-order valence-electron chi connectivity index (χ1n) is 7.26. The molecule has 0 radical (unpaired) electrons. The summed E-state index contributed by atoms with van der Waals surface area (Å²) in [6.45, 7) is 1.26. The van der Waals surface area contributed by atoms with Crippen LogP contribution in [-0.4, -0.2) is 44.8 Å². The highest BCUT2D eigenvalue weighted by Crippen LogP contribution is 2.31. The number of aryl methyl sites for hydroxylation is 1. The first-order chi connectivity index (χ1) is 11.3. The molecule has 0 bridgehead atoms. The lowest BCUT2D eigenvalue weighted by Crippen LogP contribution is -2.39. The number of rotatable bonds is 3. The second-order valence-corrected chi connectivity index (χ2v) is 5.56. The highest BCUT2D eigenvalue weighted by atomic mass is 19.4. The molecule has 2 heterocycles. The Bertz CT molecular complexity index is 717. The van der Waals surface area contributed by atoms with Gasteiger partial charge in [-0.2, -0.15) is 13.2 Å². The van der Waals surface area contributed by atoms with Gasteiger partial charge in [-0.05, 0) is 28.6 Å². The molecule has 130 valence electrons. The molecular weight excluding hydrogens is 330 g/mol. The van der Waals surface area contributed by atoms with E-state index in [2.05, 4.69) is 15.5 Å². The summed E-state index contributed by atoms with van der Waals surface area (Å²) >= 11 is 0. The molecule has 1 aromatic heterocycles. The molecule has 1 fully saturated rings. The van der Waals surface area contributed by atoms with Crippen molar-refractivity contribution in [1.82, 2.24) is 25.1 Å². The first kappa shape index (κ1) is 16.8. The molecule has 6 nitrogen and oxygen atoms in total. The molecule has 3 rings (SSSR count). The van der Waals surface area contributed by atoms with Gasteiger partial charge in [-0.1, -0.05) is 0 Å². The van der Waals surface area contributed by atoms with Crippen LogP contribution < -0.4 is 0 Å². The zero-order valence-electron chi connectivity index (χ0n) is 12.8. The minimum atomic E-state index is -4.50. The third-order valence-electron chi connectivity index (χ3n) is 3.86. The molecule has 0 saturated carbocycles. The van der Waals surface area contributed by atoms with E-state index in [0.717, 1.165) is 18.2 Å². The molecule has 1 aromatic carbocycles. The summed E-state index contributed by atoms with van der Waals surface area (Å²) in [4.78, 5) is 1.82. The Morgan fingerprint density at radius 3 is 2.79 bits per heavy atom. The zero-order chi connectivity index (χ0) is 17.3. The lowest BCUT2D eigenvalue weighted by molar-refractivity contribution is -0.137. The average molecular weight is 345 g/mol. The first-order valence-corrected chi connectivity index (χ1v) is 7.26. The molecule has 1 aliphatic rings. The van der Waals surface area contributed by atoms with Crippen molar-refractivity contribution in [3.63, 3.8) is 0 Å².